The monoisotopic (exact) mass is 184 g/mol. The van der Waals surface area contributed by atoms with Gasteiger partial charge in [-0.25, -0.2) is 4.98 Å². The Balaban J connectivity index is 2.77. The summed E-state index contributed by atoms with van der Waals surface area (Å²) < 4.78 is 0. The maximum Gasteiger partial charge on any atom is 0.228 e. The standard InChI is InChI=1S/C8H12N2OS/c1-4-7(11)10(3)8-9-6(2)5-12-8/h5H,4H2,1-3H3. The van der Waals surface area contributed by atoms with Gasteiger partial charge in [0.05, 0.1) is 5.69 Å². The third kappa shape index (κ3) is 1.82. The summed E-state index contributed by atoms with van der Waals surface area (Å²) in [6.07, 6.45) is 0.523. The molecule has 0 unspecified atom stereocenters. The Morgan fingerprint density at radius 3 is 2.83 bits per heavy atom. The zero-order valence-corrected chi connectivity index (χ0v) is 8.31. The van der Waals surface area contributed by atoms with Gasteiger partial charge in [-0.1, -0.05) is 6.92 Å². The van der Waals surface area contributed by atoms with Crippen molar-refractivity contribution in [3.05, 3.63) is 11.1 Å². The molecule has 1 amide bonds. The Kier molecular flexibility index (Phi) is 2.81. The van der Waals surface area contributed by atoms with Gasteiger partial charge < -0.3 is 0 Å². The van der Waals surface area contributed by atoms with E-state index in [0.717, 1.165) is 10.8 Å². The van der Waals surface area contributed by atoms with Gasteiger partial charge in [0.25, 0.3) is 0 Å². The highest BCUT2D eigenvalue weighted by Crippen LogP contribution is 2.18. The Labute approximate surface area is 76.0 Å². The van der Waals surface area contributed by atoms with Crippen molar-refractivity contribution in [1.29, 1.82) is 0 Å². The normalized spacial score (nSPS) is 9.92. The summed E-state index contributed by atoms with van der Waals surface area (Å²) in [7, 11) is 1.75. The summed E-state index contributed by atoms with van der Waals surface area (Å²) in [5, 5.41) is 2.72. The smallest absolute Gasteiger partial charge is 0.228 e. The van der Waals surface area contributed by atoms with Crippen LogP contribution in [0.15, 0.2) is 5.38 Å². The van der Waals surface area contributed by atoms with E-state index in [4.69, 9.17) is 0 Å². The quantitative estimate of drug-likeness (QED) is 0.702. The van der Waals surface area contributed by atoms with Crippen molar-refractivity contribution in [2.75, 3.05) is 11.9 Å². The minimum Gasteiger partial charge on any atom is -0.291 e. The number of carbonyl (C=O) groups is 1. The molecule has 1 heterocycles. The van der Waals surface area contributed by atoms with Crippen LogP contribution in [0, 0.1) is 6.92 Å². The minimum atomic E-state index is 0.101. The van der Waals surface area contributed by atoms with Gasteiger partial charge in [0.1, 0.15) is 0 Å². The maximum absolute atomic E-state index is 11.2. The number of carbonyl (C=O) groups excluding carboxylic acids is 1. The number of hydrogen-bond donors (Lipinski definition) is 0. The third-order valence-corrected chi connectivity index (χ3v) is 2.61. The molecule has 0 saturated carbocycles. The summed E-state index contributed by atoms with van der Waals surface area (Å²) in [5.74, 6) is 0.101. The first-order chi connectivity index (χ1) is 5.65. The van der Waals surface area contributed by atoms with Crippen LogP contribution in [0.2, 0.25) is 0 Å². The summed E-state index contributed by atoms with van der Waals surface area (Å²) in [6, 6.07) is 0. The molecule has 0 saturated heterocycles. The van der Waals surface area contributed by atoms with Crippen molar-refractivity contribution in [3.8, 4) is 0 Å². The van der Waals surface area contributed by atoms with Crippen LogP contribution in [-0.2, 0) is 4.79 Å². The lowest BCUT2D eigenvalue weighted by molar-refractivity contribution is -0.118. The fourth-order valence-corrected chi connectivity index (χ4v) is 1.62. The van der Waals surface area contributed by atoms with Gasteiger partial charge in [-0.05, 0) is 6.92 Å². The van der Waals surface area contributed by atoms with Crippen LogP contribution in [0.1, 0.15) is 19.0 Å². The number of aromatic nitrogens is 1. The molecule has 0 spiro atoms. The highest BCUT2D eigenvalue weighted by Gasteiger charge is 2.10. The molecule has 0 atom stereocenters. The van der Waals surface area contributed by atoms with E-state index in [9.17, 15) is 4.79 Å². The van der Waals surface area contributed by atoms with Gasteiger partial charge in [0.2, 0.25) is 5.91 Å². The molecule has 0 N–H and O–H groups in total. The van der Waals surface area contributed by atoms with Crippen LogP contribution in [0.3, 0.4) is 0 Å². The van der Waals surface area contributed by atoms with E-state index >= 15 is 0 Å². The summed E-state index contributed by atoms with van der Waals surface area (Å²) >= 11 is 1.50. The van der Waals surface area contributed by atoms with Gasteiger partial charge in [0.15, 0.2) is 5.13 Å². The van der Waals surface area contributed by atoms with E-state index in [1.807, 2.05) is 19.2 Å². The molecule has 1 aromatic heterocycles. The van der Waals surface area contributed by atoms with E-state index in [2.05, 4.69) is 4.98 Å². The second-order valence-corrected chi connectivity index (χ2v) is 3.41. The largest absolute Gasteiger partial charge is 0.291 e. The molecule has 4 heteroatoms. The molecule has 0 aliphatic carbocycles. The van der Waals surface area contributed by atoms with Gasteiger partial charge >= 0.3 is 0 Å². The molecule has 0 aliphatic heterocycles. The van der Waals surface area contributed by atoms with Gasteiger partial charge in [0, 0.05) is 18.8 Å². The Morgan fingerprint density at radius 1 is 1.75 bits per heavy atom. The SMILES string of the molecule is CCC(=O)N(C)c1nc(C)cs1. The topological polar surface area (TPSA) is 33.2 Å². The first-order valence-electron chi connectivity index (χ1n) is 3.83. The number of rotatable bonds is 2. The Morgan fingerprint density at radius 2 is 2.42 bits per heavy atom. The molecule has 1 aromatic rings. The van der Waals surface area contributed by atoms with Crippen molar-refractivity contribution < 1.29 is 4.79 Å². The number of aryl methyl sites for hydroxylation is 1. The van der Waals surface area contributed by atoms with Crippen molar-refractivity contribution in [1.82, 2.24) is 4.98 Å². The predicted molar refractivity (Wildman–Crippen MR) is 50.6 cm³/mol. The van der Waals surface area contributed by atoms with Crippen LogP contribution < -0.4 is 4.90 Å². The minimum absolute atomic E-state index is 0.101. The molecule has 0 fully saturated rings. The number of hydrogen-bond acceptors (Lipinski definition) is 3. The van der Waals surface area contributed by atoms with Crippen molar-refractivity contribution in [2.45, 2.75) is 20.3 Å². The van der Waals surface area contributed by atoms with E-state index in [1.54, 1.807) is 11.9 Å². The van der Waals surface area contributed by atoms with Crippen LogP contribution in [0.5, 0.6) is 0 Å². The number of anilines is 1. The lowest BCUT2D eigenvalue weighted by Gasteiger charge is -2.11. The molecular weight excluding hydrogens is 172 g/mol. The second kappa shape index (κ2) is 3.67. The summed E-state index contributed by atoms with van der Waals surface area (Å²) in [5.41, 5.74) is 0.964. The molecular formula is C8H12N2OS. The molecule has 0 aromatic carbocycles. The average molecular weight is 184 g/mol. The van der Waals surface area contributed by atoms with E-state index in [0.29, 0.717) is 6.42 Å². The second-order valence-electron chi connectivity index (χ2n) is 2.58. The number of thiazole rings is 1. The molecule has 66 valence electrons. The highest BCUT2D eigenvalue weighted by molar-refractivity contribution is 7.14. The van der Waals surface area contributed by atoms with Crippen LogP contribution in [0.25, 0.3) is 0 Å². The first kappa shape index (κ1) is 9.19. The lowest BCUT2D eigenvalue weighted by Crippen LogP contribution is -2.24. The molecule has 12 heavy (non-hydrogen) atoms. The predicted octanol–water partition coefficient (Wildman–Crippen LogP) is 1.82. The zero-order valence-electron chi connectivity index (χ0n) is 7.50. The van der Waals surface area contributed by atoms with E-state index in [1.165, 1.54) is 11.3 Å². The number of nitrogens with zero attached hydrogens (tertiary/aromatic N) is 2. The average Bonchev–Trinajstić information content (AvgIpc) is 2.49. The van der Waals surface area contributed by atoms with Crippen molar-refractivity contribution in [2.24, 2.45) is 0 Å². The zero-order chi connectivity index (χ0) is 9.14. The van der Waals surface area contributed by atoms with Gasteiger partial charge in [-0.3, -0.25) is 9.69 Å². The Bertz CT molecular complexity index is 282. The summed E-state index contributed by atoms with van der Waals surface area (Å²) in [4.78, 5) is 17.0. The molecule has 1 rings (SSSR count). The van der Waals surface area contributed by atoms with Crippen LogP contribution in [0.4, 0.5) is 5.13 Å². The van der Waals surface area contributed by atoms with Crippen molar-refractivity contribution in [3.63, 3.8) is 0 Å². The van der Waals surface area contributed by atoms with Gasteiger partial charge in [-0.2, -0.15) is 0 Å². The third-order valence-electron chi connectivity index (χ3n) is 1.57. The first-order valence-corrected chi connectivity index (χ1v) is 4.71. The van der Waals surface area contributed by atoms with Crippen LogP contribution >= 0.6 is 11.3 Å². The van der Waals surface area contributed by atoms with Gasteiger partial charge in [-0.15, -0.1) is 11.3 Å². The highest BCUT2D eigenvalue weighted by atomic mass is 32.1. The molecule has 0 aliphatic rings. The Hall–Kier alpha value is -0.900. The van der Waals surface area contributed by atoms with Crippen molar-refractivity contribution >= 4 is 22.4 Å². The lowest BCUT2D eigenvalue weighted by atomic mass is 10.4. The number of amides is 1. The van der Waals surface area contributed by atoms with E-state index < -0.39 is 0 Å². The van der Waals surface area contributed by atoms with Crippen LogP contribution in [-0.4, -0.2) is 17.9 Å². The fourth-order valence-electron chi connectivity index (χ4n) is 0.839. The fraction of sp³-hybridized carbons (Fsp3) is 0.500. The molecule has 3 nitrogen and oxygen atoms in total. The summed E-state index contributed by atoms with van der Waals surface area (Å²) in [6.45, 7) is 3.77. The molecule has 0 bridgehead atoms. The maximum atomic E-state index is 11.2. The van der Waals surface area contributed by atoms with E-state index in [-0.39, 0.29) is 5.91 Å². The molecule has 0 radical (unpaired) electrons.